The molecule has 0 aliphatic carbocycles. The summed E-state index contributed by atoms with van der Waals surface area (Å²) in [5, 5.41) is 1.42. The van der Waals surface area contributed by atoms with E-state index >= 15 is 0 Å². The van der Waals surface area contributed by atoms with E-state index < -0.39 is 0 Å². The largest absolute Gasteiger partial charge is 0.319 e. The zero-order valence-corrected chi connectivity index (χ0v) is 19.0. The molecule has 0 saturated carbocycles. The van der Waals surface area contributed by atoms with E-state index in [2.05, 4.69) is 56.9 Å². The van der Waals surface area contributed by atoms with Crippen LogP contribution in [0, 0.1) is 20.8 Å². The van der Waals surface area contributed by atoms with Crippen molar-refractivity contribution in [3.8, 4) is 0 Å². The van der Waals surface area contributed by atoms with Gasteiger partial charge < -0.3 is 4.90 Å². The van der Waals surface area contributed by atoms with Gasteiger partial charge >= 0.3 is 0 Å². The first-order valence-electron chi connectivity index (χ1n) is 9.67. The molecule has 0 fully saturated rings. The number of hydrogen-bond acceptors (Lipinski definition) is 1. The van der Waals surface area contributed by atoms with Crippen LogP contribution < -0.4 is 4.90 Å². The first kappa shape index (κ1) is 21.4. The summed E-state index contributed by atoms with van der Waals surface area (Å²) < 4.78 is 0. The van der Waals surface area contributed by atoms with E-state index in [9.17, 15) is 0 Å². The van der Waals surface area contributed by atoms with E-state index in [0.717, 1.165) is 33.2 Å². The van der Waals surface area contributed by atoms with Gasteiger partial charge in [-0.25, -0.2) is 0 Å². The Morgan fingerprint density at radius 3 is 2.17 bits per heavy atom. The fraction of sp³-hybridized carbons (Fsp3) is 0.240. The summed E-state index contributed by atoms with van der Waals surface area (Å²) >= 11 is 12.7. The first-order chi connectivity index (χ1) is 13.8. The molecule has 0 aliphatic rings. The second-order valence-corrected chi connectivity index (χ2v) is 8.25. The minimum absolute atomic E-state index is 0.00572. The molecule has 0 aliphatic heterocycles. The number of aliphatic imine (C=N–C) groups is 1. The van der Waals surface area contributed by atoms with Gasteiger partial charge in [-0.05, 0) is 80.3 Å². The fourth-order valence-corrected chi connectivity index (χ4v) is 3.89. The molecule has 0 N–H and O–H groups in total. The van der Waals surface area contributed by atoms with Gasteiger partial charge in [-0.1, -0.05) is 53.5 Å². The van der Waals surface area contributed by atoms with Crippen LogP contribution in [0.4, 0.5) is 5.69 Å². The van der Waals surface area contributed by atoms with E-state index in [1.165, 1.54) is 11.1 Å². The summed E-state index contributed by atoms with van der Waals surface area (Å²) in [4.78, 5) is 6.96. The third kappa shape index (κ3) is 4.66. The van der Waals surface area contributed by atoms with Gasteiger partial charge in [0.25, 0.3) is 0 Å². The van der Waals surface area contributed by atoms with Crippen LogP contribution in [0.25, 0.3) is 0 Å². The Bertz CT molecular complexity index is 1060. The van der Waals surface area contributed by atoms with Crippen molar-refractivity contribution in [3.05, 3.63) is 98.5 Å². The smallest absolute Gasteiger partial charge is 0.135 e. The Hall–Kier alpha value is -2.29. The lowest BCUT2D eigenvalue weighted by Crippen LogP contribution is -2.35. The van der Waals surface area contributed by atoms with Gasteiger partial charge in [0.2, 0.25) is 0 Å². The number of aryl methyl sites for hydroxylation is 3. The normalized spacial score (nSPS) is 12.7. The van der Waals surface area contributed by atoms with Crippen molar-refractivity contribution in [2.24, 2.45) is 4.99 Å². The fourth-order valence-electron chi connectivity index (χ4n) is 3.52. The topological polar surface area (TPSA) is 15.6 Å². The van der Waals surface area contributed by atoms with Crippen LogP contribution in [0.5, 0.6) is 0 Å². The Labute approximate surface area is 183 Å². The number of halogens is 2. The van der Waals surface area contributed by atoms with E-state index in [0.29, 0.717) is 5.02 Å². The van der Waals surface area contributed by atoms with Crippen LogP contribution >= 0.6 is 23.2 Å². The van der Waals surface area contributed by atoms with Crippen LogP contribution in [-0.2, 0) is 0 Å². The summed E-state index contributed by atoms with van der Waals surface area (Å²) in [5.41, 5.74) is 6.85. The summed E-state index contributed by atoms with van der Waals surface area (Å²) in [5.74, 6) is 0.894. The molecule has 0 amide bonds. The maximum atomic E-state index is 6.39. The molecule has 0 heterocycles. The van der Waals surface area contributed by atoms with Crippen molar-refractivity contribution < 1.29 is 0 Å². The van der Waals surface area contributed by atoms with Crippen LogP contribution in [-0.4, -0.2) is 12.9 Å². The lowest BCUT2D eigenvalue weighted by Gasteiger charge is -2.34. The number of anilines is 1. The molecule has 150 valence electrons. The molecule has 4 heteroatoms. The minimum Gasteiger partial charge on any atom is -0.319 e. The van der Waals surface area contributed by atoms with Crippen LogP contribution in [0.3, 0.4) is 0 Å². The van der Waals surface area contributed by atoms with Crippen LogP contribution in [0.15, 0.2) is 65.7 Å². The number of amidine groups is 1. The lowest BCUT2D eigenvalue weighted by molar-refractivity contribution is 0.788. The van der Waals surface area contributed by atoms with Gasteiger partial charge in [0.05, 0.1) is 6.04 Å². The van der Waals surface area contributed by atoms with Crippen molar-refractivity contribution in [1.82, 2.24) is 0 Å². The number of hydrogen-bond donors (Lipinski definition) is 0. The molecule has 1 unspecified atom stereocenters. The average molecular weight is 425 g/mol. The highest BCUT2D eigenvalue weighted by Crippen LogP contribution is 2.34. The SMILES string of the molecule is CN=C(c1ccc(C)c(C)c1)N(c1cc(Cl)ccc1C)C(C)c1cccc(Cl)c1. The Morgan fingerprint density at radius 1 is 0.828 bits per heavy atom. The Morgan fingerprint density at radius 2 is 1.52 bits per heavy atom. The predicted octanol–water partition coefficient (Wildman–Crippen LogP) is 7.56. The van der Waals surface area contributed by atoms with Crippen LogP contribution in [0.2, 0.25) is 10.0 Å². The maximum Gasteiger partial charge on any atom is 0.135 e. The molecule has 0 radical (unpaired) electrons. The van der Waals surface area contributed by atoms with Crippen molar-refractivity contribution in [3.63, 3.8) is 0 Å². The monoisotopic (exact) mass is 424 g/mol. The molecule has 2 nitrogen and oxygen atoms in total. The average Bonchev–Trinajstić information content (AvgIpc) is 2.70. The second kappa shape index (κ2) is 9.02. The van der Waals surface area contributed by atoms with Crippen molar-refractivity contribution in [2.45, 2.75) is 33.7 Å². The minimum atomic E-state index is 0.00572. The van der Waals surface area contributed by atoms with Crippen molar-refractivity contribution >= 4 is 34.7 Å². The van der Waals surface area contributed by atoms with Crippen LogP contribution in [0.1, 0.15) is 40.8 Å². The number of rotatable bonds is 4. The molecule has 0 aromatic heterocycles. The van der Waals surface area contributed by atoms with Gasteiger partial charge in [-0.3, -0.25) is 4.99 Å². The van der Waals surface area contributed by atoms with E-state index in [-0.39, 0.29) is 6.04 Å². The zero-order valence-electron chi connectivity index (χ0n) is 17.5. The summed E-state index contributed by atoms with van der Waals surface area (Å²) in [6, 6.07) is 20.4. The molecule has 3 rings (SSSR count). The zero-order chi connectivity index (χ0) is 21.1. The third-order valence-electron chi connectivity index (χ3n) is 5.35. The summed E-state index contributed by atoms with van der Waals surface area (Å²) in [6.07, 6.45) is 0. The van der Waals surface area contributed by atoms with Crippen molar-refractivity contribution in [2.75, 3.05) is 11.9 Å². The first-order valence-corrected chi connectivity index (χ1v) is 10.4. The molecule has 0 bridgehead atoms. The highest BCUT2D eigenvalue weighted by Gasteiger charge is 2.25. The predicted molar refractivity (Wildman–Crippen MR) is 127 cm³/mol. The molecule has 0 spiro atoms. The third-order valence-corrected chi connectivity index (χ3v) is 5.82. The Kier molecular flexibility index (Phi) is 6.66. The van der Waals surface area contributed by atoms with Gasteiger partial charge in [-0.2, -0.15) is 0 Å². The van der Waals surface area contributed by atoms with Gasteiger partial charge in [-0.15, -0.1) is 0 Å². The quantitative estimate of drug-likeness (QED) is 0.311. The molecule has 1 atom stereocenters. The second-order valence-electron chi connectivity index (χ2n) is 7.38. The Balaban J connectivity index is 2.21. The summed E-state index contributed by atoms with van der Waals surface area (Å²) in [6.45, 7) is 8.51. The van der Waals surface area contributed by atoms with Crippen molar-refractivity contribution in [1.29, 1.82) is 0 Å². The number of nitrogens with zero attached hydrogens (tertiary/aromatic N) is 2. The van der Waals surface area contributed by atoms with Gasteiger partial charge in [0.15, 0.2) is 0 Å². The van der Waals surface area contributed by atoms with E-state index in [1.807, 2.05) is 43.4 Å². The molecule has 3 aromatic carbocycles. The molecule has 0 saturated heterocycles. The maximum absolute atomic E-state index is 6.39. The highest BCUT2D eigenvalue weighted by atomic mass is 35.5. The highest BCUT2D eigenvalue weighted by molar-refractivity contribution is 6.31. The summed E-state index contributed by atoms with van der Waals surface area (Å²) in [7, 11) is 1.84. The van der Waals surface area contributed by atoms with Gasteiger partial charge in [0, 0.05) is 28.3 Å². The molecular formula is C25H26Cl2N2. The molecule has 3 aromatic rings. The number of benzene rings is 3. The van der Waals surface area contributed by atoms with E-state index in [4.69, 9.17) is 28.2 Å². The van der Waals surface area contributed by atoms with Gasteiger partial charge in [0.1, 0.15) is 5.84 Å². The molecular weight excluding hydrogens is 399 g/mol. The van der Waals surface area contributed by atoms with E-state index in [1.54, 1.807) is 0 Å². The lowest BCUT2D eigenvalue weighted by atomic mass is 10.0. The standard InChI is InChI=1S/C25H26Cl2N2/c1-16-9-11-21(13-18(16)3)25(28-5)29(24-15-23(27)12-10-17(24)2)19(4)20-7-6-8-22(26)14-20/h6-15,19H,1-5H3. The molecule has 29 heavy (non-hydrogen) atoms.